The van der Waals surface area contributed by atoms with Gasteiger partial charge in [0.1, 0.15) is 0 Å². The lowest BCUT2D eigenvalue weighted by Gasteiger charge is -2.27. The average molecular weight is 437 g/mol. The van der Waals surface area contributed by atoms with Gasteiger partial charge in [0.15, 0.2) is 0 Å². The van der Waals surface area contributed by atoms with Gasteiger partial charge in [0.2, 0.25) is 5.91 Å². The topological polar surface area (TPSA) is 113 Å². The third kappa shape index (κ3) is 6.86. The molecule has 0 spiro atoms. The van der Waals surface area contributed by atoms with Crippen LogP contribution in [0.5, 0.6) is 0 Å². The molecule has 164 valence electrons. The van der Waals surface area contributed by atoms with Crippen LogP contribution in [-0.4, -0.2) is 37.6 Å². The maximum absolute atomic E-state index is 12.5. The number of hydrogen-bond acceptors (Lipinski definition) is 4. The minimum atomic E-state index is -4.90. The normalized spacial score (nSPS) is 17.0. The highest BCUT2D eigenvalue weighted by Crippen LogP contribution is 2.29. The lowest BCUT2D eigenvalue weighted by Crippen LogP contribution is -2.42. The summed E-state index contributed by atoms with van der Waals surface area (Å²) < 4.78 is 70.2. The van der Waals surface area contributed by atoms with Crippen molar-refractivity contribution >= 4 is 27.6 Å². The van der Waals surface area contributed by atoms with Crippen LogP contribution in [0.4, 0.5) is 24.5 Å². The zero-order chi connectivity index (χ0) is 21.8. The van der Waals surface area contributed by atoms with Crippen molar-refractivity contribution in [1.82, 2.24) is 0 Å². The third-order valence-electron chi connectivity index (χ3n) is 5.07. The Balaban J connectivity index is 2.14. The van der Waals surface area contributed by atoms with Crippen molar-refractivity contribution in [3.63, 3.8) is 0 Å². The molecule has 0 unspecified atom stereocenters. The summed E-state index contributed by atoms with van der Waals surface area (Å²) >= 11 is 0. The van der Waals surface area contributed by atoms with Crippen molar-refractivity contribution < 1.29 is 30.9 Å². The molecule has 1 aromatic rings. The van der Waals surface area contributed by atoms with Crippen LogP contribution in [0.15, 0.2) is 18.2 Å². The standard InChI is InChI=1S/C18H26F3N3O4S/c1-12-11-14(23-17(25)16(22)13-5-3-2-4-6-13)7-8-15(12)24(29(26,27)28)10-9-18(19,20)21/h7-8,11,13,16H,2-6,9-10,22H2,1H3,(H,23,25)(H,26,27,28)/t16-/m0/s1. The van der Waals surface area contributed by atoms with Crippen LogP contribution in [0.3, 0.4) is 0 Å². The second-order valence-corrected chi connectivity index (χ2v) is 8.67. The number of nitrogens with zero attached hydrogens (tertiary/aromatic N) is 1. The van der Waals surface area contributed by atoms with Crippen LogP contribution in [0, 0.1) is 12.8 Å². The zero-order valence-corrected chi connectivity index (χ0v) is 16.9. The van der Waals surface area contributed by atoms with Crippen LogP contribution in [0.1, 0.15) is 44.1 Å². The van der Waals surface area contributed by atoms with Crippen molar-refractivity contribution in [3.8, 4) is 0 Å². The number of hydrogen-bond donors (Lipinski definition) is 3. The highest BCUT2D eigenvalue weighted by Gasteiger charge is 2.32. The van der Waals surface area contributed by atoms with Gasteiger partial charge in [-0.15, -0.1) is 0 Å². The summed E-state index contributed by atoms with van der Waals surface area (Å²) in [4.78, 5) is 12.4. The summed E-state index contributed by atoms with van der Waals surface area (Å²) in [5, 5.41) is 2.67. The highest BCUT2D eigenvalue weighted by atomic mass is 32.2. The molecule has 0 heterocycles. The van der Waals surface area contributed by atoms with Crippen LogP contribution in [0.25, 0.3) is 0 Å². The van der Waals surface area contributed by atoms with E-state index in [-0.39, 0.29) is 27.4 Å². The number of anilines is 2. The Morgan fingerprint density at radius 2 is 1.93 bits per heavy atom. The molecule has 1 atom stereocenters. The number of halogens is 3. The number of aryl methyl sites for hydroxylation is 1. The molecule has 1 aliphatic carbocycles. The molecule has 0 aliphatic heterocycles. The van der Waals surface area contributed by atoms with E-state index >= 15 is 0 Å². The molecule has 1 saturated carbocycles. The van der Waals surface area contributed by atoms with Crippen molar-refractivity contribution in [2.24, 2.45) is 11.7 Å². The highest BCUT2D eigenvalue weighted by molar-refractivity contribution is 7.87. The van der Waals surface area contributed by atoms with Crippen LogP contribution >= 0.6 is 0 Å². The van der Waals surface area contributed by atoms with Gasteiger partial charge in [0, 0.05) is 12.2 Å². The Hall–Kier alpha value is -1.85. The van der Waals surface area contributed by atoms with Crippen molar-refractivity contribution in [2.75, 3.05) is 16.2 Å². The summed E-state index contributed by atoms with van der Waals surface area (Å²) in [5.74, 6) is -0.269. The van der Waals surface area contributed by atoms with Gasteiger partial charge in [-0.2, -0.15) is 21.6 Å². The molecule has 29 heavy (non-hydrogen) atoms. The lowest BCUT2D eigenvalue weighted by atomic mass is 9.84. The molecule has 2 rings (SSSR count). The maximum Gasteiger partial charge on any atom is 0.390 e. The molecular weight excluding hydrogens is 411 g/mol. The minimum Gasteiger partial charge on any atom is -0.325 e. The number of nitrogens with one attached hydrogen (secondary N) is 1. The van der Waals surface area contributed by atoms with E-state index in [9.17, 15) is 30.9 Å². The first kappa shape index (κ1) is 23.4. The summed E-state index contributed by atoms with van der Waals surface area (Å²) in [7, 11) is -4.90. The van der Waals surface area contributed by atoms with E-state index in [1.807, 2.05) is 0 Å². The number of nitrogens with two attached hydrogens (primary N) is 1. The number of carbonyl (C=O) groups is 1. The molecule has 0 aromatic heterocycles. The molecule has 1 fully saturated rings. The minimum absolute atomic E-state index is 0.0986. The van der Waals surface area contributed by atoms with Gasteiger partial charge in [-0.25, -0.2) is 4.31 Å². The first-order valence-electron chi connectivity index (χ1n) is 9.37. The summed E-state index contributed by atoms with van der Waals surface area (Å²) in [6, 6.07) is 3.35. The third-order valence-corrected chi connectivity index (χ3v) is 6.01. The van der Waals surface area contributed by atoms with E-state index in [1.54, 1.807) is 0 Å². The maximum atomic E-state index is 12.5. The smallest absolute Gasteiger partial charge is 0.325 e. The zero-order valence-electron chi connectivity index (χ0n) is 16.1. The van der Waals surface area contributed by atoms with Crippen LogP contribution in [0.2, 0.25) is 0 Å². The van der Waals surface area contributed by atoms with E-state index < -0.39 is 35.5 Å². The Morgan fingerprint density at radius 3 is 2.45 bits per heavy atom. The fourth-order valence-corrected chi connectivity index (χ4v) is 4.31. The Bertz CT molecular complexity index is 824. The van der Waals surface area contributed by atoms with E-state index in [1.165, 1.54) is 25.1 Å². The molecule has 1 aromatic carbocycles. The molecule has 0 saturated heterocycles. The Kier molecular flexibility index (Phi) is 7.52. The van der Waals surface area contributed by atoms with Gasteiger partial charge in [-0.3, -0.25) is 9.35 Å². The predicted molar refractivity (Wildman–Crippen MR) is 104 cm³/mol. The average Bonchev–Trinajstić information content (AvgIpc) is 2.61. The molecule has 0 bridgehead atoms. The van der Waals surface area contributed by atoms with E-state index in [2.05, 4.69) is 5.32 Å². The molecule has 0 radical (unpaired) electrons. The molecule has 11 heteroatoms. The van der Waals surface area contributed by atoms with Gasteiger partial charge >= 0.3 is 16.5 Å². The Morgan fingerprint density at radius 1 is 1.31 bits per heavy atom. The second kappa shape index (κ2) is 9.31. The molecule has 4 N–H and O–H groups in total. The Labute approximate surface area is 168 Å². The van der Waals surface area contributed by atoms with Gasteiger partial charge in [-0.05, 0) is 49.4 Å². The van der Waals surface area contributed by atoms with E-state index in [0.29, 0.717) is 5.69 Å². The summed E-state index contributed by atoms with van der Waals surface area (Å²) in [6.07, 6.45) is -1.04. The molecular formula is C18H26F3N3O4S. The second-order valence-electron chi connectivity index (χ2n) is 7.33. The number of benzene rings is 1. The SMILES string of the molecule is Cc1cc(NC(=O)[C@@H](N)C2CCCCC2)ccc1N(CCC(F)(F)F)S(=O)(=O)O. The largest absolute Gasteiger partial charge is 0.390 e. The summed E-state index contributed by atoms with van der Waals surface area (Å²) in [6.45, 7) is 0.513. The van der Waals surface area contributed by atoms with E-state index in [0.717, 1.165) is 32.1 Å². The first-order chi connectivity index (χ1) is 13.4. The molecule has 1 aliphatic rings. The monoisotopic (exact) mass is 437 g/mol. The quantitative estimate of drug-likeness (QED) is 0.566. The van der Waals surface area contributed by atoms with Gasteiger partial charge in [0.05, 0.1) is 18.2 Å². The molecule has 1 amide bonds. The molecule has 7 nitrogen and oxygen atoms in total. The number of alkyl halides is 3. The van der Waals surface area contributed by atoms with Crippen LogP contribution < -0.4 is 15.4 Å². The number of amides is 1. The van der Waals surface area contributed by atoms with E-state index in [4.69, 9.17) is 5.73 Å². The fraction of sp³-hybridized carbons (Fsp3) is 0.611. The summed E-state index contributed by atoms with van der Waals surface area (Å²) in [5.41, 5.74) is 6.56. The lowest BCUT2D eigenvalue weighted by molar-refractivity contribution is -0.132. The number of rotatable bonds is 7. The van der Waals surface area contributed by atoms with Gasteiger partial charge in [-0.1, -0.05) is 19.3 Å². The van der Waals surface area contributed by atoms with Crippen molar-refractivity contribution in [2.45, 2.75) is 57.7 Å². The first-order valence-corrected chi connectivity index (χ1v) is 10.8. The predicted octanol–water partition coefficient (Wildman–Crippen LogP) is 3.40. The van der Waals surface area contributed by atoms with Crippen LogP contribution in [-0.2, 0) is 15.1 Å². The number of carbonyl (C=O) groups excluding carboxylic acids is 1. The van der Waals surface area contributed by atoms with Gasteiger partial charge < -0.3 is 11.1 Å². The fourth-order valence-electron chi connectivity index (χ4n) is 3.53. The van der Waals surface area contributed by atoms with Crippen molar-refractivity contribution in [1.29, 1.82) is 0 Å². The van der Waals surface area contributed by atoms with Gasteiger partial charge in [0.25, 0.3) is 0 Å². The van der Waals surface area contributed by atoms with Crippen molar-refractivity contribution in [3.05, 3.63) is 23.8 Å².